The van der Waals surface area contributed by atoms with Gasteiger partial charge < -0.3 is 19.9 Å². The predicted octanol–water partition coefficient (Wildman–Crippen LogP) is 4.57. The Labute approximate surface area is 237 Å². The van der Waals surface area contributed by atoms with E-state index < -0.39 is 5.54 Å². The van der Waals surface area contributed by atoms with Crippen LogP contribution in [0.2, 0.25) is 0 Å². The van der Waals surface area contributed by atoms with Crippen LogP contribution in [0.15, 0.2) is 78.9 Å². The molecule has 2 aliphatic heterocycles. The predicted molar refractivity (Wildman–Crippen MR) is 159 cm³/mol. The van der Waals surface area contributed by atoms with Gasteiger partial charge in [-0.25, -0.2) is 0 Å². The number of nitrogens with one attached hydrogen (secondary N) is 1. The van der Waals surface area contributed by atoms with Gasteiger partial charge in [0, 0.05) is 44.0 Å². The lowest BCUT2D eigenvalue weighted by atomic mass is 9.85. The minimum absolute atomic E-state index is 0.0836. The number of likely N-dealkylation sites (tertiary alicyclic amines) is 1. The van der Waals surface area contributed by atoms with E-state index in [0.29, 0.717) is 13.3 Å². The van der Waals surface area contributed by atoms with Crippen molar-refractivity contribution >= 4 is 17.5 Å². The SMILES string of the molecule is CCN(CC)C(=O)c1ccc(Cc2ccc(OCCN3CCC4(CC3)C(=O)NCN4c3ccccc3)cc2)cc1. The fourth-order valence-electron chi connectivity index (χ4n) is 5.87. The van der Waals surface area contributed by atoms with Crippen molar-refractivity contribution in [1.82, 2.24) is 15.1 Å². The number of hydrogen-bond donors (Lipinski definition) is 1. The molecule has 7 nitrogen and oxygen atoms in total. The zero-order valence-electron chi connectivity index (χ0n) is 23.6. The van der Waals surface area contributed by atoms with E-state index in [1.54, 1.807) is 0 Å². The smallest absolute Gasteiger partial charge is 0.253 e. The van der Waals surface area contributed by atoms with Crippen LogP contribution in [-0.4, -0.2) is 73.2 Å². The molecule has 2 saturated heterocycles. The van der Waals surface area contributed by atoms with Crippen LogP contribution in [0.25, 0.3) is 0 Å². The largest absolute Gasteiger partial charge is 0.492 e. The number of hydrogen-bond acceptors (Lipinski definition) is 5. The lowest BCUT2D eigenvalue weighted by Gasteiger charge is -2.43. The van der Waals surface area contributed by atoms with E-state index in [1.165, 1.54) is 11.1 Å². The maximum atomic E-state index is 12.9. The molecule has 2 aliphatic rings. The fraction of sp³-hybridized carbons (Fsp3) is 0.394. The third-order valence-corrected chi connectivity index (χ3v) is 8.35. The first kappa shape index (κ1) is 27.7. The maximum Gasteiger partial charge on any atom is 0.253 e. The van der Waals surface area contributed by atoms with Gasteiger partial charge in [-0.1, -0.05) is 42.5 Å². The second-order valence-electron chi connectivity index (χ2n) is 10.6. The van der Waals surface area contributed by atoms with Crippen LogP contribution in [0.3, 0.4) is 0 Å². The van der Waals surface area contributed by atoms with E-state index in [0.717, 1.165) is 69.0 Å². The fourth-order valence-corrected chi connectivity index (χ4v) is 5.87. The normalized spacial score (nSPS) is 16.6. The standard InChI is InChI=1S/C33H40N4O3/c1-3-36(4-2)31(38)28-14-10-26(11-15-28)24-27-12-16-30(17-13-27)40-23-22-35-20-18-33(19-21-35)32(39)34-25-37(33)29-8-6-5-7-9-29/h5-17H,3-4,18-25H2,1-2H3,(H,34,39). The zero-order valence-corrected chi connectivity index (χ0v) is 23.6. The van der Waals surface area contributed by atoms with E-state index in [4.69, 9.17) is 4.74 Å². The topological polar surface area (TPSA) is 65.1 Å². The Morgan fingerprint density at radius 2 is 1.52 bits per heavy atom. The first-order chi connectivity index (χ1) is 19.5. The maximum absolute atomic E-state index is 12.9. The van der Waals surface area contributed by atoms with Gasteiger partial charge in [-0.2, -0.15) is 0 Å². The summed E-state index contributed by atoms with van der Waals surface area (Å²) in [4.78, 5) is 31.9. The summed E-state index contributed by atoms with van der Waals surface area (Å²) < 4.78 is 6.05. The summed E-state index contributed by atoms with van der Waals surface area (Å²) >= 11 is 0. The number of carbonyl (C=O) groups is 2. The molecule has 3 aromatic rings. The van der Waals surface area contributed by atoms with Crippen molar-refractivity contribution in [2.75, 3.05) is 50.9 Å². The van der Waals surface area contributed by atoms with Gasteiger partial charge in [0.1, 0.15) is 17.9 Å². The van der Waals surface area contributed by atoms with Crippen molar-refractivity contribution in [3.8, 4) is 5.75 Å². The third kappa shape index (κ3) is 5.99. The lowest BCUT2D eigenvalue weighted by Crippen LogP contribution is -2.56. The molecule has 2 heterocycles. The number of benzene rings is 3. The number of rotatable bonds is 10. The number of piperidine rings is 1. The van der Waals surface area contributed by atoms with Gasteiger partial charge in [0.25, 0.3) is 5.91 Å². The van der Waals surface area contributed by atoms with Gasteiger partial charge in [-0.05, 0) is 80.6 Å². The van der Waals surface area contributed by atoms with E-state index >= 15 is 0 Å². The molecule has 1 spiro atoms. The van der Waals surface area contributed by atoms with Crippen molar-refractivity contribution in [1.29, 1.82) is 0 Å². The van der Waals surface area contributed by atoms with E-state index in [9.17, 15) is 9.59 Å². The molecule has 0 radical (unpaired) electrons. The van der Waals surface area contributed by atoms with E-state index in [2.05, 4.69) is 39.4 Å². The van der Waals surface area contributed by atoms with Gasteiger partial charge in [0.15, 0.2) is 0 Å². The summed E-state index contributed by atoms with van der Waals surface area (Å²) in [6.07, 6.45) is 2.43. The summed E-state index contributed by atoms with van der Waals surface area (Å²) in [5.74, 6) is 1.10. The average Bonchev–Trinajstić information content (AvgIpc) is 3.31. The summed E-state index contributed by atoms with van der Waals surface area (Å²) in [7, 11) is 0. The van der Waals surface area contributed by atoms with Crippen molar-refractivity contribution < 1.29 is 14.3 Å². The molecule has 5 rings (SSSR count). The Hall–Kier alpha value is -3.84. The van der Waals surface area contributed by atoms with E-state index in [-0.39, 0.29) is 11.8 Å². The molecule has 0 saturated carbocycles. The number of para-hydroxylation sites is 1. The molecule has 40 heavy (non-hydrogen) atoms. The molecular weight excluding hydrogens is 500 g/mol. The molecule has 210 valence electrons. The monoisotopic (exact) mass is 540 g/mol. The number of carbonyl (C=O) groups excluding carboxylic acids is 2. The number of nitrogens with zero attached hydrogens (tertiary/aromatic N) is 3. The van der Waals surface area contributed by atoms with Crippen LogP contribution in [0.4, 0.5) is 5.69 Å². The molecule has 7 heteroatoms. The van der Waals surface area contributed by atoms with E-state index in [1.807, 2.05) is 73.3 Å². The highest BCUT2D eigenvalue weighted by Crippen LogP contribution is 2.36. The number of anilines is 1. The molecule has 0 atom stereocenters. The molecule has 0 bridgehead atoms. The zero-order chi connectivity index (χ0) is 28.0. The van der Waals surface area contributed by atoms with Crippen LogP contribution >= 0.6 is 0 Å². The summed E-state index contributed by atoms with van der Waals surface area (Å²) in [6, 6.07) is 26.4. The van der Waals surface area contributed by atoms with Gasteiger partial charge in [-0.15, -0.1) is 0 Å². The highest BCUT2D eigenvalue weighted by molar-refractivity contribution is 5.94. The molecule has 2 fully saturated rings. The van der Waals surface area contributed by atoms with Crippen LogP contribution < -0.4 is 15.0 Å². The molecule has 2 amide bonds. The quantitative estimate of drug-likeness (QED) is 0.408. The second kappa shape index (κ2) is 12.6. The van der Waals surface area contributed by atoms with Gasteiger partial charge in [0.2, 0.25) is 5.91 Å². The second-order valence-corrected chi connectivity index (χ2v) is 10.6. The average molecular weight is 541 g/mol. The van der Waals surface area contributed by atoms with Gasteiger partial charge in [-0.3, -0.25) is 14.5 Å². The Bertz CT molecular complexity index is 1270. The van der Waals surface area contributed by atoms with Crippen LogP contribution in [0, 0.1) is 0 Å². The van der Waals surface area contributed by atoms with Crippen molar-refractivity contribution in [3.05, 3.63) is 95.6 Å². The molecule has 0 unspecified atom stereocenters. The van der Waals surface area contributed by atoms with Gasteiger partial charge in [0.05, 0.1) is 6.67 Å². The minimum Gasteiger partial charge on any atom is -0.492 e. The molecule has 0 aromatic heterocycles. The molecular formula is C33H40N4O3. The highest BCUT2D eigenvalue weighted by Gasteiger charge is 2.50. The summed E-state index contributed by atoms with van der Waals surface area (Å²) in [5.41, 5.74) is 3.77. The summed E-state index contributed by atoms with van der Waals surface area (Å²) in [5, 5.41) is 3.07. The van der Waals surface area contributed by atoms with Crippen LogP contribution in [0.1, 0.15) is 48.2 Å². The number of ether oxygens (including phenoxy) is 1. The molecule has 3 aromatic carbocycles. The minimum atomic E-state index is -0.449. The first-order valence-corrected chi connectivity index (χ1v) is 14.5. The Morgan fingerprint density at radius 3 is 2.15 bits per heavy atom. The summed E-state index contributed by atoms with van der Waals surface area (Å²) in [6.45, 7) is 9.21. The van der Waals surface area contributed by atoms with Crippen molar-refractivity contribution in [3.63, 3.8) is 0 Å². The van der Waals surface area contributed by atoms with Crippen LogP contribution in [-0.2, 0) is 11.2 Å². The van der Waals surface area contributed by atoms with Gasteiger partial charge >= 0.3 is 0 Å². The molecule has 0 aliphatic carbocycles. The Morgan fingerprint density at radius 1 is 0.900 bits per heavy atom. The highest BCUT2D eigenvalue weighted by atomic mass is 16.5. The van der Waals surface area contributed by atoms with Crippen molar-refractivity contribution in [2.45, 2.75) is 38.6 Å². The molecule has 1 N–H and O–H groups in total. The third-order valence-electron chi connectivity index (χ3n) is 8.35. The Kier molecular flexibility index (Phi) is 8.70. The van der Waals surface area contributed by atoms with Crippen LogP contribution in [0.5, 0.6) is 5.75 Å². The number of amides is 2. The van der Waals surface area contributed by atoms with Crippen molar-refractivity contribution in [2.24, 2.45) is 0 Å². The lowest BCUT2D eigenvalue weighted by molar-refractivity contribution is -0.125. The Balaban J connectivity index is 1.07. The first-order valence-electron chi connectivity index (χ1n) is 14.5.